The predicted octanol–water partition coefficient (Wildman–Crippen LogP) is 1.23. The average Bonchev–Trinajstić information content (AvgIpc) is 2.04. The van der Waals surface area contributed by atoms with Crippen LogP contribution in [0.25, 0.3) is 0 Å². The van der Waals surface area contributed by atoms with E-state index in [0.29, 0.717) is 0 Å². The maximum absolute atomic E-state index is 5.68. The Kier molecular flexibility index (Phi) is 4.18. The van der Waals surface area contributed by atoms with E-state index < -0.39 is 0 Å². The molecule has 72 valence electrons. The van der Waals surface area contributed by atoms with Crippen molar-refractivity contribution in [1.82, 2.24) is 9.97 Å². The molecule has 3 nitrogen and oxygen atoms in total. The van der Waals surface area contributed by atoms with Crippen molar-refractivity contribution in [3.8, 4) is 0 Å². The van der Waals surface area contributed by atoms with Gasteiger partial charge in [0.2, 0.25) is 0 Å². The van der Waals surface area contributed by atoms with Crippen LogP contribution in [0, 0.1) is 0 Å². The molecule has 4 heteroatoms. The van der Waals surface area contributed by atoms with E-state index in [1.807, 2.05) is 19.2 Å². The highest BCUT2D eigenvalue weighted by molar-refractivity contribution is 7.97. The molecule has 2 N–H and O–H groups in total. The van der Waals surface area contributed by atoms with Crippen LogP contribution in [-0.4, -0.2) is 22.3 Å². The van der Waals surface area contributed by atoms with E-state index >= 15 is 0 Å². The Labute approximate surface area is 83.2 Å². The molecule has 1 unspecified atom stereocenters. The van der Waals surface area contributed by atoms with Gasteiger partial charge in [0.05, 0.1) is 5.75 Å². The smallest absolute Gasteiger partial charge is 0.138 e. The highest BCUT2D eigenvalue weighted by Gasteiger charge is 2.01. The number of nitrogens with two attached hydrogens (primary N) is 1. The van der Waals surface area contributed by atoms with Gasteiger partial charge in [-0.1, -0.05) is 0 Å². The quantitative estimate of drug-likeness (QED) is 0.788. The number of nitrogens with zero attached hydrogens (tertiary/aromatic N) is 2. The standard InChI is InChI=1S/C9H15N3S/c1-7(10)5-8-3-4-11-9(12-8)6-13-2/h3-4,7H,5-6,10H2,1-2H3. The summed E-state index contributed by atoms with van der Waals surface area (Å²) in [6, 6.07) is 2.09. The molecule has 0 radical (unpaired) electrons. The third-order valence-corrected chi connectivity index (χ3v) is 2.11. The molecule has 1 aromatic rings. The van der Waals surface area contributed by atoms with Gasteiger partial charge in [0.1, 0.15) is 5.82 Å². The Morgan fingerprint density at radius 3 is 3.00 bits per heavy atom. The van der Waals surface area contributed by atoms with Crippen molar-refractivity contribution in [2.45, 2.75) is 25.1 Å². The average molecular weight is 197 g/mol. The van der Waals surface area contributed by atoms with E-state index in [9.17, 15) is 0 Å². The number of rotatable bonds is 4. The molecule has 0 fully saturated rings. The molecular formula is C9H15N3S. The van der Waals surface area contributed by atoms with E-state index in [1.165, 1.54) is 0 Å². The molecule has 0 bridgehead atoms. The third kappa shape index (κ3) is 3.74. The number of aromatic nitrogens is 2. The van der Waals surface area contributed by atoms with Crippen LogP contribution in [0.4, 0.5) is 0 Å². The number of thioether (sulfide) groups is 1. The maximum Gasteiger partial charge on any atom is 0.138 e. The lowest BCUT2D eigenvalue weighted by Crippen LogP contribution is -2.18. The minimum atomic E-state index is 0.164. The SMILES string of the molecule is CSCc1nccc(CC(C)N)n1. The molecule has 0 aromatic carbocycles. The minimum Gasteiger partial charge on any atom is -0.328 e. The Morgan fingerprint density at radius 1 is 1.62 bits per heavy atom. The molecule has 0 amide bonds. The normalized spacial score (nSPS) is 12.8. The zero-order chi connectivity index (χ0) is 9.68. The van der Waals surface area contributed by atoms with Gasteiger partial charge in [-0.15, -0.1) is 0 Å². The Balaban J connectivity index is 2.67. The molecule has 13 heavy (non-hydrogen) atoms. The van der Waals surface area contributed by atoms with Crippen molar-refractivity contribution in [3.05, 3.63) is 23.8 Å². The van der Waals surface area contributed by atoms with E-state index in [1.54, 1.807) is 18.0 Å². The van der Waals surface area contributed by atoms with Crippen molar-refractivity contribution in [1.29, 1.82) is 0 Å². The fourth-order valence-corrected chi connectivity index (χ4v) is 1.48. The molecule has 0 saturated heterocycles. The first kappa shape index (κ1) is 10.5. The lowest BCUT2D eigenvalue weighted by molar-refractivity contribution is 0.715. The molecule has 0 spiro atoms. The number of hydrogen-bond acceptors (Lipinski definition) is 4. The zero-order valence-electron chi connectivity index (χ0n) is 8.03. The third-order valence-electron chi connectivity index (χ3n) is 1.57. The van der Waals surface area contributed by atoms with Gasteiger partial charge in [0, 0.05) is 24.4 Å². The van der Waals surface area contributed by atoms with Crippen LogP contribution < -0.4 is 5.73 Å². The summed E-state index contributed by atoms with van der Waals surface area (Å²) in [7, 11) is 0. The van der Waals surface area contributed by atoms with Crippen LogP contribution in [0.3, 0.4) is 0 Å². The monoisotopic (exact) mass is 197 g/mol. The summed E-state index contributed by atoms with van der Waals surface area (Å²) < 4.78 is 0. The molecule has 1 atom stereocenters. The summed E-state index contributed by atoms with van der Waals surface area (Å²) >= 11 is 1.73. The van der Waals surface area contributed by atoms with E-state index in [4.69, 9.17) is 5.73 Å². The topological polar surface area (TPSA) is 51.8 Å². The summed E-state index contributed by atoms with van der Waals surface area (Å²) in [4.78, 5) is 8.55. The summed E-state index contributed by atoms with van der Waals surface area (Å²) in [5.41, 5.74) is 6.72. The molecule has 1 heterocycles. The predicted molar refractivity (Wildman–Crippen MR) is 56.6 cm³/mol. The molecule has 0 saturated carbocycles. The van der Waals surface area contributed by atoms with Gasteiger partial charge in [0.25, 0.3) is 0 Å². The summed E-state index contributed by atoms with van der Waals surface area (Å²) in [6.07, 6.45) is 4.67. The second-order valence-corrected chi connectivity index (χ2v) is 3.94. The highest BCUT2D eigenvalue weighted by atomic mass is 32.2. The van der Waals surface area contributed by atoms with E-state index in [-0.39, 0.29) is 6.04 Å². The molecule has 0 aliphatic heterocycles. The van der Waals surface area contributed by atoms with Crippen LogP contribution in [0.15, 0.2) is 12.3 Å². The Hall–Kier alpha value is -0.610. The van der Waals surface area contributed by atoms with Gasteiger partial charge < -0.3 is 5.73 Å². The first-order chi connectivity index (χ1) is 6.22. The van der Waals surface area contributed by atoms with Crippen molar-refractivity contribution in [2.75, 3.05) is 6.26 Å². The first-order valence-electron chi connectivity index (χ1n) is 4.27. The van der Waals surface area contributed by atoms with Crippen molar-refractivity contribution in [2.24, 2.45) is 5.73 Å². The summed E-state index contributed by atoms with van der Waals surface area (Å²) in [6.45, 7) is 1.98. The first-order valence-corrected chi connectivity index (χ1v) is 5.67. The largest absolute Gasteiger partial charge is 0.328 e. The summed E-state index contributed by atoms with van der Waals surface area (Å²) in [5.74, 6) is 1.76. The van der Waals surface area contributed by atoms with Crippen LogP contribution in [0.2, 0.25) is 0 Å². The van der Waals surface area contributed by atoms with Crippen molar-refractivity contribution < 1.29 is 0 Å². The molecular weight excluding hydrogens is 182 g/mol. The van der Waals surface area contributed by atoms with Gasteiger partial charge in [0.15, 0.2) is 0 Å². The second kappa shape index (κ2) is 5.19. The minimum absolute atomic E-state index is 0.164. The fourth-order valence-electron chi connectivity index (χ4n) is 1.08. The second-order valence-electron chi connectivity index (χ2n) is 3.08. The lowest BCUT2D eigenvalue weighted by atomic mass is 10.2. The Bertz CT molecular complexity index is 263. The van der Waals surface area contributed by atoms with E-state index in [0.717, 1.165) is 23.7 Å². The highest BCUT2D eigenvalue weighted by Crippen LogP contribution is 2.05. The van der Waals surface area contributed by atoms with Crippen LogP contribution >= 0.6 is 11.8 Å². The van der Waals surface area contributed by atoms with Crippen LogP contribution in [0.5, 0.6) is 0 Å². The maximum atomic E-state index is 5.68. The van der Waals surface area contributed by atoms with Crippen molar-refractivity contribution >= 4 is 11.8 Å². The van der Waals surface area contributed by atoms with Crippen LogP contribution in [-0.2, 0) is 12.2 Å². The lowest BCUT2D eigenvalue weighted by Gasteiger charge is -2.04. The van der Waals surface area contributed by atoms with Gasteiger partial charge in [-0.05, 0) is 19.2 Å². The number of hydrogen-bond donors (Lipinski definition) is 1. The molecule has 0 aliphatic rings. The summed E-state index contributed by atoms with van der Waals surface area (Å²) in [5, 5.41) is 0. The van der Waals surface area contributed by atoms with E-state index in [2.05, 4.69) is 9.97 Å². The molecule has 0 aliphatic carbocycles. The molecule has 1 rings (SSSR count). The van der Waals surface area contributed by atoms with Gasteiger partial charge in [-0.2, -0.15) is 11.8 Å². The van der Waals surface area contributed by atoms with Gasteiger partial charge in [-0.25, -0.2) is 9.97 Å². The van der Waals surface area contributed by atoms with Gasteiger partial charge in [-0.3, -0.25) is 0 Å². The van der Waals surface area contributed by atoms with Crippen LogP contribution in [0.1, 0.15) is 18.4 Å². The van der Waals surface area contributed by atoms with Gasteiger partial charge >= 0.3 is 0 Å². The fraction of sp³-hybridized carbons (Fsp3) is 0.556. The molecule has 1 aromatic heterocycles. The van der Waals surface area contributed by atoms with Crippen molar-refractivity contribution in [3.63, 3.8) is 0 Å². The Morgan fingerprint density at radius 2 is 2.38 bits per heavy atom. The zero-order valence-corrected chi connectivity index (χ0v) is 8.84.